The molecule has 0 radical (unpaired) electrons. The molecule has 0 aliphatic carbocycles. The summed E-state index contributed by atoms with van der Waals surface area (Å²) in [6, 6.07) is 13.1. The monoisotopic (exact) mass is 269 g/mol. The lowest BCUT2D eigenvalue weighted by Crippen LogP contribution is -2.08. The lowest BCUT2D eigenvalue weighted by Gasteiger charge is -2.14. The van der Waals surface area contributed by atoms with Crippen LogP contribution in [0.3, 0.4) is 0 Å². The van der Waals surface area contributed by atoms with Crippen molar-refractivity contribution in [1.82, 2.24) is 15.0 Å². The van der Waals surface area contributed by atoms with E-state index in [4.69, 9.17) is 4.74 Å². The van der Waals surface area contributed by atoms with Gasteiger partial charge in [-0.1, -0.05) is 23.4 Å². The van der Waals surface area contributed by atoms with E-state index in [0.717, 1.165) is 16.6 Å². The zero-order valence-electron chi connectivity index (χ0n) is 11.3. The Kier molecular flexibility index (Phi) is 3.02. The topological polar surface area (TPSA) is 60.2 Å². The summed E-state index contributed by atoms with van der Waals surface area (Å²) in [6.45, 7) is 2.03. The predicted octanol–water partition coefficient (Wildman–Crippen LogP) is 2.75. The van der Waals surface area contributed by atoms with Crippen molar-refractivity contribution in [2.24, 2.45) is 0 Å². The van der Waals surface area contributed by atoms with E-state index in [-0.39, 0.29) is 11.8 Å². The molecule has 0 amide bonds. The molecule has 3 rings (SSSR count). The molecular weight excluding hydrogens is 254 g/mol. The van der Waals surface area contributed by atoms with Gasteiger partial charge in [0.15, 0.2) is 11.5 Å². The average molecular weight is 269 g/mol. The summed E-state index contributed by atoms with van der Waals surface area (Å²) in [5.74, 6) is 0.589. The normalized spacial score (nSPS) is 12.5. The molecule has 5 heteroatoms. The van der Waals surface area contributed by atoms with Gasteiger partial charge in [-0.25, -0.2) is 4.68 Å². The molecule has 1 N–H and O–H groups in total. The van der Waals surface area contributed by atoms with E-state index < -0.39 is 0 Å². The molecule has 0 saturated carbocycles. The lowest BCUT2D eigenvalue weighted by atomic mass is 10.1. The molecule has 0 fully saturated rings. The first-order chi connectivity index (χ1) is 9.70. The minimum Gasteiger partial charge on any atom is -0.504 e. The first kappa shape index (κ1) is 12.5. The Morgan fingerprint density at radius 3 is 2.80 bits per heavy atom. The van der Waals surface area contributed by atoms with Crippen molar-refractivity contribution in [2.45, 2.75) is 13.0 Å². The number of hydrogen-bond donors (Lipinski definition) is 1. The number of phenolic OH excluding ortho intramolecular Hbond substituents is 1. The number of para-hydroxylation sites is 1. The number of phenols is 1. The van der Waals surface area contributed by atoms with Crippen LogP contribution in [0.25, 0.3) is 11.0 Å². The van der Waals surface area contributed by atoms with E-state index in [0.29, 0.717) is 5.75 Å². The number of benzene rings is 2. The van der Waals surface area contributed by atoms with Gasteiger partial charge in [0.25, 0.3) is 0 Å². The number of rotatable bonds is 3. The van der Waals surface area contributed by atoms with Crippen LogP contribution in [0.4, 0.5) is 0 Å². The van der Waals surface area contributed by atoms with Crippen LogP contribution in [-0.4, -0.2) is 27.2 Å². The summed E-state index contributed by atoms with van der Waals surface area (Å²) in [6.07, 6.45) is 0. The number of methoxy groups -OCH3 is 1. The summed E-state index contributed by atoms with van der Waals surface area (Å²) in [5, 5.41) is 18.0. The number of fused-ring (bicyclic) bond motifs is 1. The van der Waals surface area contributed by atoms with Crippen molar-refractivity contribution in [2.75, 3.05) is 7.11 Å². The Bertz CT molecular complexity index is 752. The fourth-order valence-electron chi connectivity index (χ4n) is 2.27. The van der Waals surface area contributed by atoms with Gasteiger partial charge in [-0.05, 0) is 36.8 Å². The largest absolute Gasteiger partial charge is 0.504 e. The highest BCUT2D eigenvalue weighted by atomic mass is 16.5. The van der Waals surface area contributed by atoms with E-state index in [2.05, 4.69) is 10.3 Å². The van der Waals surface area contributed by atoms with E-state index in [9.17, 15) is 5.11 Å². The van der Waals surface area contributed by atoms with Crippen LogP contribution in [0.1, 0.15) is 18.5 Å². The molecule has 5 nitrogen and oxygen atoms in total. The molecule has 0 aliphatic rings. The van der Waals surface area contributed by atoms with Gasteiger partial charge >= 0.3 is 0 Å². The van der Waals surface area contributed by atoms with Gasteiger partial charge < -0.3 is 9.84 Å². The van der Waals surface area contributed by atoms with E-state index in [1.165, 1.54) is 7.11 Å². The number of ether oxygens (including phenoxy) is 1. The highest BCUT2D eigenvalue weighted by Crippen LogP contribution is 2.30. The van der Waals surface area contributed by atoms with Crippen LogP contribution in [0.15, 0.2) is 42.5 Å². The van der Waals surface area contributed by atoms with Gasteiger partial charge in [-0.3, -0.25) is 0 Å². The Morgan fingerprint density at radius 1 is 1.20 bits per heavy atom. The molecule has 0 aliphatic heterocycles. The van der Waals surface area contributed by atoms with Crippen LogP contribution in [-0.2, 0) is 0 Å². The molecule has 0 unspecified atom stereocenters. The van der Waals surface area contributed by atoms with E-state index in [1.54, 1.807) is 6.07 Å². The predicted molar refractivity (Wildman–Crippen MR) is 76.0 cm³/mol. The summed E-state index contributed by atoms with van der Waals surface area (Å²) in [7, 11) is 1.54. The first-order valence-corrected chi connectivity index (χ1v) is 6.37. The van der Waals surface area contributed by atoms with E-state index >= 15 is 0 Å². The third-order valence-electron chi connectivity index (χ3n) is 3.43. The van der Waals surface area contributed by atoms with E-state index in [1.807, 2.05) is 48.0 Å². The molecule has 3 aromatic rings. The fourth-order valence-corrected chi connectivity index (χ4v) is 2.27. The van der Waals surface area contributed by atoms with Crippen molar-refractivity contribution >= 4 is 11.0 Å². The van der Waals surface area contributed by atoms with Crippen LogP contribution in [0.2, 0.25) is 0 Å². The Labute approximate surface area is 116 Å². The highest BCUT2D eigenvalue weighted by Gasteiger charge is 2.14. The average Bonchev–Trinajstić information content (AvgIpc) is 2.91. The standard InChI is InChI=1S/C15H15N3O2/c1-10(11-7-8-14(19)15(9-11)20-2)18-13-6-4-3-5-12(13)16-17-18/h3-10,19H,1-2H3/t10-/m0/s1. The molecule has 1 aromatic heterocycles. The number of aromatic hydroxyl groups is 1. The molecule has 2 aromatic carbocycles. The van der Waals surface area contributed by atoms with Crippen LogP contribution >= 0.6 is 0 Å². The molecule has 20 heavy (non-hydrogen) atoms. The highest BCUT2D eigenvalue weighted by molar-refractivity contribution is 5.74. The van der Waals surface area contributed by atoms with Crippen LogP contribution in [0.5, 0.6) is 11.5 Å². The van der Waals surface area contributed by atoms with Crippen molar-refractivity contribution in [1.29, 1.82) is 0 Å². The van der Waals surface area contributed by atoms with Gasteiger partial charge in [0.05, 0.1) is 18.7 Å². The van der Waals surface area contributed by atoms with Gasteiger partial charge in [0, 0.05) is 0 Å². The molecule has 102 valence electrons. The number of aromatic nitrogens is 3. The maximum Gasteiger partial charge on any atom is 0.160 e. The lowest BCUT2D eigenvalue weighted by molar-refractivity contribution is 0.372. The second kappa shape index (κ2) is 4.85. The quantitative estimate of drug-likeness (QED) is 0.794. The fraction of sp³-hybridized carbons (Fsp3) is 0.200. The molecular formula is C15H15N3O2. The smallest absolute Gasteiger partial charge is 0.160 e. The van der Waals surface area contributed by atoms with Crippen molar-refractivity contribution in [3.05, 3.63) is 48.0 Å². The third kappa shape index (κ3) is 1.97. The molecule has 1 heterocycles. The molecule has 1 atom stereocenters. The summed E-state index contributed by atoms with van der Waals surface area (Å²) >= 11 is 0. The van der Waals surface area contributed by atoms with Gasteiger partial charge in [-0.15, -0.1) is 5.10 Å². The van der Waals surface area contributed by atoms with Gasteiger partial charge in [0.2, 0.25) is 0 Å². The summed E-state index contributed by atoms with van der Waals surface area (Å²) < 4.78 is 7.01. The maximum atomic E-state index is 9.66. The number of nitrogens with zero attached hydrogens (tertiary/aromatic N) is 3. The van der Waals surface area contributed by atoms with Crippen LogP contribution in [0, 0.1) is 0 Å². The Balaban J connectivity index is 2.06. The molecule has 0 saturated heterocycles. The SMILES string of the molecule is COc1cc([C@H](C)n2nnc3ccccc32)ccc1O. The second-order valence-electron chi connectivity index (χ2n) is 4.63. The third-order valence-corrected chi connectivity index (χ3v) is 3.43. The summed E-state index contributed by atoms with van der Waals surface area (Å²) in [4.78, 5) is 0. The zero-order chi connectivity index (χ0) is 14.1. The van der Waals surface area contributed by atoms with Crippen molar-refractivity contribution in [3.8, 4) is 11.5 Å². The molecule has 0 spiro atoms. The van der Waals surface area contributed by atoms with Crippen molar-refractivity contribution in [3.63, 3.8) is 0 Å². The minimum absolute atomic E-state index is 0.00287. The van der Waals surface area contributed by atoms with Gasteiger partial charge in [-0.2, -0.15) is 0 Å². The Morgan fingerprint density at radius 2 is 2.00 bits per heavy atom. The molecule has 0 bridgehead atoms. The Hall–Kier alpha value is -2.56. The first-order valence-electron chi connectivity index (χ1n) is 6.37. The van der Waals surface area contributed by atoms with Gasteiger partial charge in [0.1, 0.15) is 5.52 Å². The van der Waals surface area contributed by atoms with Crippen LogP contribution < -0.4 is 4.74 Å². The minimum atomic E-state index is -0.00287. The zero-order valence-corrected chi connectivity index (χ0v) is 11.3. The second-order valence-corrected chi connectivity index (χ2v) is 4.63. The summed E-state index contributed by atoms with van der Waals surface area (Å²) in [5.41, 5.74) is 2.84. The maximum absolute atomic E-state index is 9.66. The number of hydrogen-bond acceptors (Lipinski definition) is 4. The van der Waals surface area contributed by atoms with Crippen molar-refractivity contribution < 1.29 is 9.84 Å².